The van der Waals surface area contributed by atoms with Crippen molar-refractivity contribution >= 4 is 15.9 Å². The van der Waals surface area contributed by atoms with Crippen LogP contribution in [0.25, 0.3) is 0 Å². The fraction of sp³-hybridized carbons (Fsp3) is 0.300. The van der Waals surface area contributed by atoms with Crippen LogP contribution in [0.3, 0.4) is 0 Å². The first-order valence-electron chi connectivity index (χ1n) is 4.95. The van der Waals surface area contributed by atoms with Crippen LogP contribution in [0.15, 0.2) is 23.1 Å². The van der Waals surface area contributed by atoms with Gasteiger partial charge in [-0.05, 0) is 25.1 Å². The van der Waals surface area contributed by atoms with Crippen molar-refractivity contribution in [3.63, 3.8) is 0 Å². The molecule has 0 saturated heterocycles. The number of nitrogens with zero attached hydrogens (tertiary/aromatic N) is 1. The first-order valence-corrected chi connectivity index (χ1v) is 6.39. The van der Waals surface area contributed by atoms with Gasteiger partial charge in [0.05, 0.1) is 6.04 Å². The highest BCUT2D eigenvalue weighted by atomic mass is 32.2. The summed E-state index contributed by atoms with van der Waals surface area (Å²) in [5.74, 6) is -2.31. The molecule has 0 heterocycles. The molecule has 5 nitrogen and oxygen atoms in total. The summed E-state index contributed by atoms with van der Waals surface area (Å²) in [6, 6.07) is 1.20. The van der Waals surface area contributed by atoms with Crippen molar-refractivity contribution in [2.24, 2.45) is 5.73 Å². The van der Waals surface area contributed by atoms with Gasteiger partial charge >= 0.3 is 0 Å². The van der Waals surface area contributed by atoms with Gasteiger partial charge in [-0.3, -0.25) is 5.41 Å². The fourth-order valence-electron chi connectivity index (χ4n) is 1.23. The zero-order valence-electron chi connectivity index (χ0n) is 9.81. The lowest BCUT2D eigenvalue weighted by Crippen LogP contribution is -2.43. The van der Waals surface area contributed by atoms with Crippen LogP contribution in [0, 0.1) is 17.0 Å². The number of amidine groups is 1. The van der Waals surface area contributed by atoms with Crippen molar-refractivity contribution in [1.29, 1.82) is 5.41 Å². The van der Waals surface area contributed by atoms with E-state index in [1.165, 1.54) is 6.92 Å². The molecule has 0 spiro atoms. The highest BCUT2D eigenvalue weighted by Gasteiger charge is 2.29. The van der Waals surface area contributed by atoms with Gasteiger partial charge in [0.15, 0.2) is 0 Å². The summed E-state index contributed by atoms with van der Waals surface area (Å²) in [5.41, 5.74) is 5.19. The summed E-state index contributed by atoms with van der Waals surface area (Å²) in [5, 5.41) is 7.17. The van der Waals surface area contributed by atoms with E-state index in [-0.39, 0.29) is 0 Å². The molecule has 1 aromatic carbocycles. The van der Waals surface area contributed by atoms with Gasteiger partial charge in [0.1, 0.15) is 22.4 Å². The molecule has 0 radical (unpaired) electrons. The zero-order chi connectivity index (χ0) is 14.1. The van der Waals surface area contributed by atoms with Gasteiger partial charge in [-0.25, -0.2) is 17.2 Å². The Kier molecular flexibility index (Phi) is 4.02. The normalized spacial score (nSPS) is 13.6. The molecule has 0 amide bonds. The summed E-state index contributed by atoms with van der Waals surface area (Å²) in [6.45, 7) is 1.37. The molecule has 1 atom stereocenters. The largest absolute Gasteiger partial charge is 0.386 e. The number of likely N-dealkylation sites (N-methyl/N-ethyl adjacent to an activating group) is 1. The SMILES string of the molecule is CC(C(=N)N)N(C)S(=O)(=O)c1cc(F)ccc1F. The topological polar surface area (TPSA) is 87.2 Å². The third-order valence-electron chi connectivity index (χ3n) is 2.55. The Morgan fingerprint density at radius 2 is 2.00 bits per heavy atom. The monoisotopic (exact) mass is 277 g/mol. The van der Waals surface area contributed by atoms with Gasteiger partial charge < -0.3 is 5.73 Å². The Labute approximate surface area is 104 Å². The van der Waals surface area contributed by atoms with Gasteiger partial charge in [-0.1, -0.05) is 0 Å². The third-order valence-corrected chi connectivity index (χ3v) is 4.49. The summed E-state index contributed by atoms with van der Waals surface area (Å²) in [6.07, 6.45) is 0. The first-order chi connectivity index (χ1) is 8.17. The van der Waals surface area contributed by atoms with Crippen LogP contribution in [-0.2, 0) is 10.0 Å². The number of hydrogen-bond acceptors (Lipinski definition) is 3. The number of hydrogen-bond donors (Lipinski definition) is 2. The predicted octanol–water partition coefficient (Wildman–Crippen LogP) is 0.910. The Morgan fingerprint density at radius 1 is 1.44 bits per heavy atom. The van der Waals surface area contributed by atoms with E-state index in [0.29, 0.717) is 10.4 Å². The maximum atomic E-state index is 13.4. The summed E-state index contributed by atoms with van der Waals surface area (Å²) in [4.78, 5) is -0.780. The number of rotatable bonds is 4. The Balaban J connectivity index is 3.29. The van der Waals surface area contributed by atoms with Crippen molar-refractivity contribution in [1.82, 2.24) is 4.31 Å². The van der Waals surface area contributed by atoms with Crippen LogP contribution in [0.4, 0.5) is 8.78 Å². The molecule has 100 valence electrons. The Hall–Kier alpha value is -1.54. The van der Waals surface area contributed by atoms with E-state index in [0.717, 1.165) is 19.2 Å². The maximum Gasteiger partial charge on any atom is 0.246 e. The average molecular weight is 277 g/mol. The van der Waals surface area contributed by atoms with E-state index in [9.17, 15) is 17.2 Å². The van der Waals surface area contributed by atoms with Gasteiger partial charge in [-0.2, -0.15) is 4.31 Å². The maximum absolute atomic E-state index is 13.4. The molecule has 0 fully saturated rings. The van der Waals surface area contributed by atoms with Crippen LogP contribution in [0.1, 0.15) is 6.92 Å². The van der Waals surface area contributed by atoms with Gasteiger partial charge in [0.25, 0.3) is 0 Å². The highest BCUT2D eigenvalue weighted by molar-refractivity contribution is 7.89. The minimum Gasteiger partial charge on any atom is -0.386 e. The smallest absolute Gasteiger partial charge is 0.246 e. The van der Waals surface area contributed by atoms with Crippen molar-refractivity contribution in [3.05, 3.63) is 29.8 Å². The summed E-state index contributed by atoms with van der Waals surface area (Å²) >= 11 is 0. The third kappa shape index (κ3) is 2.65. The van der Waals surface area contributed by atoms with Crippen LogP contribution in [0.2, 0.25) is 0 Å². The quantitative estimate of drug-likeness (QED) is 0.633. The molecule has 3 N–H and O–H groups in total. The molecule has 0 aliphatic heterocycles. The Bertz CT molecular complexity index is 574. The molecule has 1 unspecified atom stereocenters. The fourth-order valence-corrected chi connectivity index (χ4v) is 2.65. The minimum absolute atomic E-state index is 0.391. The molecule has 0 aliphatic carbocycles. The molecule has 0 aliphatic rings. The van der Waals surface area contributed by atoms with Crippen molar-refractivity contribution in [3.8, 4) is 0 Å². The van der Waals surface area contributed by atoms with E-state index < -0.39 is 38.4 Å². The van der Waals surface area contributed by atoms with Gasteiger partial charge in [0, 0.05) is 7.05 Å². The van der Waals surface area contributed by atoms with Gasteiger partial charge in [-0.15, -0.1) is 0 Å². The van der Waals surface area contributed by atoms with Crippen LogP contribution in [-0.4, -0.2) is 31.6 Å². The molecule has 0 bridgehead atoms. The second-order valence-corrected chi connectivity index (χ2v) is 5.69. The molecule has 0 aromatic heterocycles. The van der Waals surface area contributed by atoms with E-state index in [1.807, 2.05) is 0 Å². The number of nitrogens with two attached hydrogens (primary N) is 1. The lowest BCUT2D eigenvalue weighted by atomic mass is 10.3. The van der Waals surface area contributed by atoms with Crippen molar-refractivity contribution in [2.75, 3.05) is 7.05 Å². The number of halogens is 2. The number of nitrogens with one attached hydrogen (secondary N) is 1. The molecule has 1 rings (SSSR count). The highest BCUT2D eigenvalue weighted by Crippen LogP contribution is 2.20. The van der Waals surface area contributed by atoms with Crippen molar-refractivity contribution < 1.29 is 17.2 Å². The summed E-state index contributed by atoms with van der Waals surface area (Å²) < 4.78 is 51.2. The number of benzene rings is 1. The van der Waals surface area contributed by atoms with E-state index in [2.05, 4.69) is 0 Å². The van der Waals surface area contributed by atoms with E-state index in [1.54, 1.807) is 0 Å². The van der Waals surface area contributed by atoms with Crippen LogP contribution < -0.4 is 5.73 Å². The standard InChI is InChI=1S/C10H13F2N3O2S/c1-6(10(13)14)15(2)18(16,17)9-5-7(11)3-4-8(9)12/h3-6H,1-2H3,(H3,13,14). The van der Waals surface area contributed by atoms with E-state index in [4.69, 9.17) is 11.1 Å². The molecular formula is C10H13F2N3O2S. The van der Waals surface area contributed by atoms with Gasteiger partial charge in [0.2, 0.25) is 10.0 Å². The molecular weight excluding hydrogens is 264 g/mol. The summed E-state index contributed by atoms with van der Waals surface area (Å²) in [7, 11) is -3.09. The first kappa shape index (κ1) is 14.5. The van der Waals surface area contributed by atoms with Crippen LogP contribution in [0.5, 0.6) is 0 Å². The molecule has 1 aromatic rings. The molecule has 18 heavy (non-hydrogen) atoms. The lowest BCUT2D eigenvalue weighted by molar-refractivity contribution is 0.441. The zero-order valence-corrected chi connectivity index (χ0v) is 10.6. The minimum atomic E-state index is -4.24. The second kappa shape index (κ2) is 4.99. The van der Waals surface area contributed by atoms with Crippen molar-refractivity contribution in [2.45, 2.75) is 17.9 Å². The average Bonchev–Trinajstić information content (AvgIpc) is 2.29. The Morgan fingerprint density at radius 3 is 2.50 bits per heavy atom. The van der Waals surface area contributed by atoms with Crippen LogP contribution >= 0.6 is 0 Å². The molecule has 8 heteroatoms. The number of sulfonamides is 1. The molecule has 0 saturated carbocycles. The predicted molar refractivity (Wildman–Crippen MR) is 62.7 cm³/mol. The second-order valence-electron chi connectivity index (χ2n) is 3.73. The van der Waals surface area contributed by atoms with E-state index >= 15 is 0 Å². The lowest BCUT2D eigenvalue weighted by Gasteiger charge is -2.23.